The molecular formula is C13H26O2Si. The Morgan fingerprint density at radius 3 is 2.12 bits per heavy atom. The fourth-order valence-electron chi connectivity index (χ4n) is 1.86. The van der Waals surface area contributed by atoms with Crippen LogP contribution in [0.15, 0.2) is 0 Å². The van der Waals surface area contributed by atoms with Crippen molar-refractivity contribution in [3.05, 3.63) is 0 Å². The Balaban J connectivity index is 2.80. The quantitative estimate of drug-likeness (QED) is 0.689. The van der Waals surface area contributed by atoms with Crippen molar-refractivity contribution in [1.29, 1.82) is 0 Å². The molecule has 94 valence electrons. The smallest absolute Gasteiger partial charge is 0.192 e. The van der Waals surface area contributed by atoms with Gasteiger partial charge in [0.2, 0.25) is 0 Å². The summed E-state index contributed by atoms with van der Waals surface area (Å²) in [7, 11) is -1.74. The lowest BCUT2D eigenvalue weighted by molar-refractivity contribution is -0.126. The lowest BCUT2D eigenvalue weighted by Crippen LogP contribution is -2.47. The van der Waals surface area contributed by atoms with E-state index in [2.05, 4.69) is 33.9 Å². The standard InChI is InChI=1S/C13H26O2Si/c1-12(2,3)16(6,7)15-11-9-8-10(14)13(11,4)5/h11H,8-9H2,1-7H3/t11-/m0/s1. The van der Waals surface area contributed by atoms with Gasteiger partial charge in [0.05, 0.1) is 6.10 Å². The Bertz CT molecular complexity index is 287. The molecule has 1 rings (SSSR count). The molecule has 1 aliphatic rings. The van der Waals surface area contributed by atoms with Crippen molar-refractivity contribution in [3.8, 4) is 0 Å². The monoisotopic (exact) mass is 242 g/mol. The fraction of sp³-hybridized carbons (Fsp3) is 0.923. The van der Waals surface area contributed by atoms with Gasteiger partial charge in [0, 0.05) is 11.8 Å². The maximum absolute atomic E-state index is 11.8. The highest BCUT2D eigenvalue weighted by atomic mass is 28.4. The maximum atomic E-state index is 11.8. The normalized spacial score (nSPS) is 26.2. The first-order valence-electron chi connectivity index (χ1n) is 6.19. The molecule has 0 N–H and O–H groups in total. The van der Waals surface area contributed by atoms with Crippen molar-refractivity contribution in [2.24, 2.45) is 5.41 Å². The van der Waals surface area contributed by atoms with E-state index >= 15 is 0 Å². The fourth-order valence-corrected chi connectivity index (χ4v) is 3.34. The first kappa shape index (κ1) is 13.9. The van der Waals surface area contributed by atoms with Gasteiger partial charge in [-0.1, -0.05) is 34.6 Å². The number of carbonyl (C=O) groups excluding carboxylic acids is 1. The van der Waals surface area contributed by atoms with Gasteiger partial charge in [-0.3, -0.25) is 4.79 Å². The van der Waals surface area contributed by atoms with Gasteiger partial charge in [-0.15, -0.1) is 0 Å². The Morgan fingerprint density at radius 2 is 1.81 bits per heavy atom. The highest BCUT2D eigenvalue weighted by molar-refractivity contribution is 6.74. The van der Waals surface area contributed by atoms with Gasteiger partial charge in [-0.2, -0.15) is 0 Å². The number of carbonyl (C=O) groups is 1. The van der Waals surface area contributed by atoms with Crippen molar-refractivity contribution in [1.82, 2.24) is 0 Å². The van der Waals surface area contributed by atoms with E-state index in [-0.39, 0.29) is 16.6 Å². The van der Waals surface area contributed by atoms with Gasteiger partial charge < -0.3 is 4.43 Å². The SMILES string of the molecule is CC1(C)C(=O)CC[C@@H]1O[Si](C)(C)C(C)(C)C. The van der Waals surface area contributed by atoms with Crippen LogP contribution >= 0.6 is 0 Å². The number of rotatable bonds is 2. The molecule has 0 saturated heterocycles. The average Bonchev–Trinajstić information content (AvgIpc) is 2.29. The molecule has 3 heteroatoms. The molecule has 0 unspecified atom stereocenters. The molecular weight excluding hydrogens is 216 g/mol. The summed E-state index contributed by atoms with van der Waals surface area (Å²) < 4.78 is 6.37. The molecule has 0 spiro atoms. The zero-order chi connectivity index (χ0) is 12.8. The van der Waals surface area contributed by atoms with Crippen LogP contribution in [0, 0.1) is 5.41 Å². The van der Waals surface area contributed by atoms with Crippen LogP contribution in [0.25, 0.3) is 0 Å². The number of hydrogen-bond donors (Lipinski definition) is 0. The second kappa shape index (κ2) is 3.95. The van der Waals surface area contributed by atoms with Crippen LogP contribution in [-0.4, -0.2) is 20.2 Å². The largest absolute Gasteiger partial charge is 0.413 e. The molecule has 0 amide bonds. The molecule has 0 aromatic rings. The van der Waals surface area contributed by atoms with E-state index < -0.39 is 8.32 Å². The summed E-state index contributed by atoms with van der Waals surface area (Å²) in [6, 6.07) is 0. The number of hydrogen-bond acceptors (Lipinski definition) is 2. The second-order valence-corrected chi connectivity index (χ2v) is 11.8. The first-order chi connectivity index (χ1) is 6.98. The van der Waals surface area contributed by atoms with Gasteiger partial charge in [-0.25, -0.2) is 0 Å². The van der Waals surface area contributed by atoms with E-state index in [1.165, 1.54) is 0 Å². The van der Waals surface area contributed by atoms with Crippen LogP contribution in [0.1, 0.15) is 47.5 Å². The Labute approximate surface area is 101 Å². The predicted molar refractivity (Wildman–Crippen MR) is 70.1 cm³/mol. The third kappa shape index (κ3) is 2.40. The van der Waals surface area contributed by atoms with Crippen LogP contribution in [-0.2, 0) is 9.22 Å². The van der Waals surface area contributed by atoms with E-state index in [9.17, 15) is 4.79 Å². The van der Waals surface area contributed by atoms with Crippen molar-refractivity contribution in [2.45, 2.75) is 71.7 Å². The minimum atomic E-state index is -1.74. The summed E-state index contributed by atoms with van der Waals surface area (Å²) in [6.07, 6.45) is 1.71. The Morgan fingerprint density at radius 1 is 1.31 bits per heavy atom. The molecule has 16 heavy (non-hydrogen) atoms. The van der Waals surface area contributed by atoms with E-state index in [0.717, 1.165) is 6.42 Å². The Kier molecular flexibility index (Phi) is 3.43. The van der Waals surface area contributed by atoms with Gasteiger partial charge in [-0.05, 0) is 24.6 Å². The van der Waals surface area contributed by atoms with Crippen LogP contribution in [0.2, 0.25) is 18.1 Å². The van der Waals surface area contributed by atoms with Gasteiger partial charge in [0.25, 0.3) is 0 Å². The summed E-state index contributed by atoms with van der Waals surface area (Å²) in [6.45, 7) is 15.3. The highest BCUT2D eigenvalue weighted by Crippen LogP contribution is 2.43. The molecule has 0 aromatic heterocycles. The van der Waals surface area contributed by atoms with Crippen molar-refractivity contribution in [2.75, 3.05) is 0 Å². The minimum absolute atomic E-state index is 0.126. The number of Topliss-reactive ketones (excluding diaryl/α,β-unsaturated/α-hetero) is 1. The van der Waals surface area contributed by atoms with E-state index in [0.29, 0.717) is 12.2 Å². The summed E-state index contributed by atoms with van der Waals surface area (Å²) in [5, 5.41) is 0.217. The first-order valence-corrected chi connectivity index (χ1v) is 9.10. The molecule has 1 aliphatic carbocycles. The lowest BCUT2D eigenvalue weighted by Gasteiger charge is -2.41. The third-order valence-corrected chi connectivity index (χ3v) is 8.89. The van der Waals surface area contributed by atoms with Gasteiger partial charge in [0.1, 0.15) is 5.78 Å². The zero-order valence-electron chi connectivity index (χ0n) is 11.8. The topological polar surface area (TPSA) is 26.3 Å². The molecule has 1 saturated carbocycles. The Hall–Kier alpha value is -0.153. The van der Waals surface area contributed by atoms with E-state index in [1.807, 2.05) is 13.8 Å². The van der Waals surface area contributed by atoms with Gasteiger partial charge in [0.15, 0.2) is 8.32 Å². The van der Waals surface area contributed by atoms with E-state index in [1.54, 1.807) is 0 Å². The minimum Gasteiger partial charge on any atom is -0.413 e. The molecule has 0 heterocycles. The molecule has 1 atom stereocenters. The molecule has 0 aliphatic heterocycles. The molecule has 0 bridgehead atoms. The predicted octanol–water partition coefficient (Wildman–Crippen LogP) is 3.77. The third-order valence-electron chi connectivity index (χ3n) is 4.40. The molecule has 0 aromatic carbocycles. The summed E-state index contributed by atoms with van der Waals surface area (Å²) in [4.78, 5) is 11.8. The number of ketones is 1. The molecule has 1 fully saturated rings. The highest BCUT2D eigenvalue weighted by Gasteiger charge is 2.48. The van der Waals surface area contributed by atoms with Crippen molar-refractivity contribution < 1.29 is 9.22 Å². The molecule has 2 nitrogen and oxygen atoms in total. The summed E-state index contributed by atoms with van der Waals surface area (Å²) >= 11 is 0. The maximum Gasteiger partial charge on any atom is 0.192 e. The second-order valence-electron chi connectivity index (χ2n) is 7.05. The van der Waals surface area contributed by atoms with E-state index in [4.69, 9.17) is 4.43 Å². The van der Waals surface area contributed by atoms with Crippen molar-refractivity contribution >= 4 is 14.1 Å². The van der Waals surface area contributed by atoms with Crippen LogP contribution < -0.4 is 0 Å². The average molecular weight is 242 g/mol. The van der Waals surface area contributed by atoms with Gasteiger partial charge >= 0.3 is 0 Å². The van der Waals surface area contributed by atoms with Crippen LogP contribution in [0.5, 0.6) is 0 Å². The molecule has 0 radical (unpaired) electrons. The summed E-state index contributed by atoms with van der Waals surface area (Å²) in [5.74, 6) is 0.358. The lowest BCUT2D eigenvalue weighted by atomic mass is 9.88. The summed E-state index contributed by atoms with van der Waals surface area (Å²) in [5.41, 5.74) is -0.282. The zero-order valence-corrected chi connectivity index (χ0v) is 12.8. The van der Waals surface area contributed by atoms with Crippen molar-refractivity contribution in [3.63, 3.8) is 0 Å². The van der Waals surface area contributed by atoms with Crippen LogP contribution in [0.3, 0.4) is 0 Å². The van der Waals surface area contributed by atoms with Crippen LogP contribution in [0.4, 0.5) is 0 Å².